The van der Waals surface area contributed by atoms with Crippen LogP contribution in [0.2, 0.25) is 0 Å². The molecule has 9 atom stereocenters. The van der Waals surface area contributed by atoms with Crippen molar-refractivity contribution in [1.29, 1.82) is 0 Å². The number of hydrogen-bond donors (Lipinski definition) is 2. The molecule has 2 aromatic heterocycles. The maximum atomic E-state index is 12.8. The second-order valence-electron chi connectivity index (χ2n) is 34.5. The molecule has 5 heterocycles. The Morgan fingerprint density at radius 1 is 0.459 bits per heavy atom. The maximum absolute atomic E-state index is 12.8. The molecular weight excluding hydrogens is 1520 g/mol. The minimum absolute atomic E-state index is 0. The molecule has 3 aliphatic heterocycles. The summed E-state index contributed by atoms with van der Waals surface area (Å²) >= 11 is 0. The summed E-state index contributed by atoms with van der Waals surface area (Å²) in [5.41, 5.74) is 25.9. The Hall–Kier alpha value is -11.8. The van der Waals surface area contributed by atoms with Gasteiger partial charge in [-0.2, -0.15) is 0 Å². The van der Waals surface area contributed by atoms with Gasteiger partial charge in [-0.05, 0) is 176 Å². The van der Waals surface area contributed by atoms with Crippen molar-refractivity contribution in [2.75, 3.05) is 39.8 Å². The van der Waals surface area contributed by atoms with Gasteiger partial charge in [0.2, 0.25) is 23.3 Å². The van der Waals surface area contributed by atoms with Crippen LogP contribution >= 0.6 is 0 Å². The molecule has 7 aliphatic rings. The number of carbonyl (C=O) groups is 5. The number of Topliss-reactive ketones (excluding diaryl/α,β-unsaturated/α-hetero) is 3. The molecule has 18 nitrogen and oxygen atoms in total. The molecule has 19 heteroatoms. The summed E-state index contributed by atoms with van der Waals surface area (Å²) in [6, 6.07) is 64.3. The first kappa shape index (κ1) is 89.5. The van der Waals surface area contributed by atoms with Crippen LogP contribution in [-0.4, -0.2) is 104 Å². The van der Waals surface area contributed by atoms with E-state index in [2.05, 4.69) is 158 Å². The third-order valence-electron chi connectivity index (χ3n) is 25.0. The third kappa shape index (κ3) is 19.1. The van der Waals surface area contributed by atoms with E-state index in [-0.39, 0.29) is 70.7 Å². The number of ketones is 3. The van der Waals surface area contributed by atoms with Gasteiger partial charge in [-0.25, -0.2) is 30.1 Å². The molecule has 4 N–H and O–H groups in total. The van der Waals surface area contributed by atoms with Crippen molar-refractivity contribution in [3.8, 4) is 29.3 Å². The fourth-order valence-corrected chi connectivity index (χ4v) is 18.7. The molecule has 3 saturated carbocycles. The molecule has 12 aromatic rings. The Bertz CT molecular complexity index is 5870. The van der Waals surface area contributed by atoms with E-state index in [4.69, 9.17) is 56.9 Å². The van der Waals surface area contributed by atoms with Crippen molar-refractivity contribution in [2.45, 2.75) is 163 Å². The summed E-state index contributed by atoms with van der Waals surface area (Å²) in [7, 11) is 5.94. The van der Waals surface area contributed by atoms with Gasteiger partial charge >= 0.3 is 18.9 Å². The first-order valence-corrected chi connectivity index (χ1v) is 41.9. The monoisotopic (exact) mass is 1620 g/mol. The van der Waals surface area contributed by atoms with Crippen LogP contribution in [-0.2, 0) is 28.8 Å². The summed E-state index contributed by atoms with van der Waals surface area (Å²) < 4.78 is 19.9. The van der Waals surface area contributed by atoms with Crippen LogP contribution in [0, 0.1) is 65.6 Å². The normalized spacial score (nSPS) is 21.0. The first-order chi connectivity index (χ1) is 57.9. The van der Waals surface area contributed by atoms with Crippen molar-refractivity contribution in [3.63, 3.8) is 0 Å². The zero-order valence-electron chi connectivity index (χ0n) is 73.0. The van der Waals surface area contributed by atoms with E-state index in [0.29, 0.717) is 69.3 Å². The molecule has 2 amide bonds. The Morgan fingerprint density at radius 2 is 0.844 bits per heavy atom. The van der Waals surface area contributed by atoms with Crippen molar-refractivity contribution >= 4 is 112 Å². The van der Waals surface area contributed by atoms with Crippen LogP contribution in [0.5, 0.6) is 11.5 Å². The number of nitrogens with two attached hydrogens (primary N) is 2. The van der Waals surface area contributed by atoms with Gasteiger partial charge in [-0.1, -0.05) is 179 Å². The quantitative estimate of drug-likeness (QED) is 0.0244. The molecule has 0 bridgehead atoms. The van der Waals surface area contributed by atoms with Gasteiger partial charge < -0.3 is 32.1 Å². The number of nitrogen functional groups attached to an aromatic ring is 2. The van der Waals surface area contributed by atoms with E-state index in [1.165, 1.54) is 102 Å². The van der Waals surface area contributed by atoms with Gasteiger partial charge in [-0.3, -0.25) is 39.6 Å². The number of carbonyl (C=O) groups excluding carboxylic acids is 5. The van der Waals surface area contributed by atoms with E-state index in [1.807, 2.05) is 97.1 Å². The third-order valence-corrected chi connectivity index (χ3v) is 25.0. The SMILES string of the molecule is CC(=O)C#Cc1ccccc1.CON(C)C(=O)c1ccc(N)c(N)c1.CON(C)C(C)=O.C[C@H]1CC[C@H]2[C@H](C1)C1=C(OC2(C)C)c2ccccc2C(=O)C1=O.C[C@H]1CC[C@H]2[C@H](C1)c1c(c3ccccc3c3nc4ccccc4nc13)OC2(C)C.C[C@H]1CC[C@H]2[C@H](C1)c1c(c3ccccc3c3nc4ccccc4nc13)OC2(C)C.[C-]#Cc1ccccc1.[Li+]. The van der Waals surface area contributed by atoms with Crippen molar-refractivity contribution < 1.29 is 66.7 Å². The second kappa shape index (κ2) is 38.1. The Balaban J connectivity index is 0.000000138. The van der Waals surface area contributed by atoms with Crippen molar-refractivity contribution in [2.24, 2.45) is 41.4 Å². The molecule has 122 heavy (non-hydrogen) atoms. The van der Waals surface area contributed by atoms with E-state index in [9.17, 15) is 24.0 Å². The van der Waals surface area contributed by atoms with Crippen LogP contribution in [0.15, 0.2) is 206 Å². The summed E-state index contributed by atoms with van der Waals surface area (Å²) in [6.45, 7) is 23.2. The number of amides is 2. The minimum Gasteiger partial charge on any atom is -0.487 e. The molecule has 0 saturated heterocycles. The van der Waals surface area contributed by atoms with Crippen LogP contribution in [0.3, 0.4) is 0 Å². The van der Waals surface area contributed by atoms with E-state index < -0.39 is 0 Å². The number of fused-ring (bicyclic) bond motifs is 22. The topological polar surface area (TPSA) is 242 Å². The predicted molar refractivity (Wildman–Crippen MR) is 481 cm³/mol. The number of para-hydroxylation sites is 4. The van der Waals surface area contributed by atoms with E-state index >= 15 is 0 Å². The predicted octanol–water partition coefficient (Wildman–Crippen LogP) is 18.0. The molecule has 10 aromatic carbocycles. The number of hydroxylamine groups is 4. The number of hydrogen-bond acceptors (Lipinski definition) is 16. The zero-order chi connectivity index (χ0) is 86.4. The minimum atomic E-state index is -0.375. The molecule has 622 valence electrons. The van der Waals surface area contributed by atoms with Crippen LogP contribution in [0.25, 0.3) is 71.4 Å². The number of nitrogens with zero attached hydrogens (tertiary/aromatic N) is 6. The molecule has 19 rings (SSSR count). The standard InChI is InChI=1S/2C26H26N2O.C20H22O3.C10H8O.C9H13N3O2.C8H5.C4H9NO2.Li/c2*1-15-12-13-19-18(14-15)22-24-23(27-20-10-6-7-11-21(20)28-24)16-8-4-5-9-17(16)25(22)29-26(19,2)3;1-11-8-9-15-14(10-11)16-18(22)17(21)12-6-4-5-7-13(12)19(16)23-20(15,2)3;1-9(11)7-8-10-5-3-2-4-6-10;1-12(14-2)9(13)6-3-4-7(10)8(11)5-6;1-2-8-6-4-3-5-7-8;1-4(6)5(2)7-3;/h2*4-11,15,18-19H,12-14H2,1-3H3;4-7,11,14-15H,8-10H2,1-3H3;2-6H,1H3;3-5H,10-11H2,1-2H3;3-7H;1-3H3;/q;;;;;-1;;+1/t2*15-,18-,19-;11-,14-,15-;;;;;/m000...../s1. The fraction of sp³-hybridized carbons (Fsp3) is 0.350. The number of rotatable bonds is 3. The number of allylic oxidation sites excluding steroid dienone is 1. The van der Waals surface area contributed by atoms with Gasteiger partial charge in [0.05, 0.1) is 69.7 Å². The Labute approximate surface area is 728 Å². The summed E-state index contributed by atoms with van der Waals surface area (Å²) in [4.78, 5) is 87.3. The van der Waals surface area contributed by atoms with Gasteiger partial charge in [-0.15, -0.1) is 17.7 Å². The van der Waals surface area contributed by atoms with Gasteiger partial charge in [0, 0.05) is 106 Å². The molecule has 4 aliphatic carbocycles. The molecular formula is C103H109LiN8O10. The van der Waals surface area contributed by atoms with Crippen molar-refractivity contribution in [1.82, 2.24) is 30.1 Å². The summed E-state index contributed by atoms with van der Waals surface area (Å²) in [6.07, 6.45) is 17.3. The van der Waals surface area contributed by atoms with Gasteiger partial charge in [0.1, 0.15) is 34.1 Å². The fourth-order valence-electron chi connectivity index (χ4n) is 18.7. The number of ether oxygens (including phenoxy) is 3. The maximum Gasteiger partial charge on any atom is 1.00 e. The zero-order valence-corrected chi connectivity index (χ0v) is 73.0. The second-order valence-corrected chi connectivity index (χ2v) is 34.5. The van der Waals surface area contributed by atoms with E-state index in [0.717, 1.165) is 124 Å². The van der Waals surface area contributed by atoms with Gasteiger partial charge in [0.25, 0.3) is 5.91 Å². The first-order valence-electron chi connectivity index (χ1n) is 41.9. The largest absolute Gasteiger partial charge is 1.00 e. The van der Waals surface area contributed by atoms with Crippen LogP contribution < -0.4 is 39.8 Å². The Kier molecular flexibility index (Phi) is 28.0. The molecule has 0 unspecified atom stereocenters. The number of aromatic nitrogens is 4. The summed E-state index contributed by atoms with van der Waals surface area (Å²) in [5, 5.41) is 6.88. The molecule has 0 spiro atoms. The molecule has 3 fully saturated rings. The van der Waals surface area contributed by atoms with E-state index in [1.54, 1.807) is 31.3 Å². The van der Waals surface area contributed by atoms with Crippen LogP contribution in [0.1, 0.15) is 194 Å². The number of benzene rings is 10. The number of anilines is 2. The van der Waals surface area contributed by atoms with Crippen molar-refractivity contribution in [3.05, 3.63) is 251 Å². The molecule has 0 radical (unpaired) electrons. The average Bonchev–Trinajstić information content (AvgIpc) is 0.727. The summed E-state index contributed by atoms with van der Waals surface area (Å²) in [5.74, 6) is 13.5. The smallest absolute Gasteiger partial charge is 0.487 e. The van der Waals surface area contributed by atoms with Gasteiger partial charge in [0.15, 0.2) is 0 Å². The Morgan fingerprint density at radius 3 is 1.25 bits per heavy atom. The van der Waals surface area contributed by atoms with Crippen LogP contribution in [0.4, 0.5) is 11.4 Å². The average molecular weight is 1630 g/mol.